The van der Waals surface area contributed by atoms with Gasteiger partial charge in [-0.3, -0.25) is 9.89 Å². The molecule has 0 bridgehead atoms. The van der Waals surface area contributed by atoms with Crippen LogP contribution in [0.4, 0.5) is 10.5 Å². The summed E-state index contributed by atoms with van der Waals surface area (Å²) in [5.41, 5.74) is 3.45. The number of anilines is 1. The number of ether oxygens (including phenoxy) is 1. The molecule has 1 aromatic heterocycles. The standard InChI is InChI=1S/C22H25N5O3/c1-26(2)21(28)15-27(14-16-5-4-6-20(11-16)30-3)22(29)25-19-9-7-17(8-10-19)18-12-23-24-13-18/h4-13H,14-15H2,1-3H3,(H,23,24)(H,25,29). The van der Waals surface area contributed by atoms with Crippen molar-refractivity contribution < 1.29 is 14.3 Å². The van der Waals surface area contributed by atoms with Gasteiger partial charge in [-0.1, -0.05) is 24.3 Å². The topological polar surface area (TPSA) is 90.6 Å². The molecule has 0 aliphatic rings. The predicted octanol–water partition coefficient (Wildman–Crippen LogP) is 3.21. The summed E-state index contributed by atoms with van der Waals surface area (Å²) in [4.78, 5) is 28.1. The first-order valence-electron chi connectivity index (χ1n) is 9.44. The molecule has 30 heavy (non-hydrogen) atoms. The molecule has 0 saturated carbocycles. The Hall–Kier alpha value is -3.81. The van der Waals surface area contributed by atoms with E-state index in [1.807, 2.05) is 48.5 Å². The molecule has 2 aromatic carbocycles. The van der Waals surface area contributed by atoms with E-state index < -0.39 is 0 Å². The largest absolute Gasteiger partial charge is 0.497 e. The fourth-order valence-electron chi connectivity index (χ4n) is 2.85. The summed E-state index contributed by atoms with van der Waals surface area (Å²) in [7, 11) is 4.92. The smallest absolute Gasteiger partial charge is 0.322 e. The first-order valence-corrected chi connectivity index (χ1v) is 9.44. The molecule has 3 rings (SSSR count). The number of aromatic amines is 1. The van der Waals surface area contributed by atoms with Crippen LogP contribution in [0.2, 0.25) is 0 Å². The number of urea groups is 1. The van der Waals surface area contributed by atoms with Gasteiger partial charge in [0.2, 0.25) is 5.91 Å². The van der Waals surface area contributed by atoms with Crippen LogP contribution in [0.25, 0.3) is 11.1 Å². The van der Waals surface area contributed by atoms with Gasteiger partial charge in [0.25, 0.3) is 0 Å². The summed E-state index contributed by atoms with van der Waals surface area (Å²) < 4.78 is 5.25. The van der Waals surface area contributed by atoms with E-state index in [-0.39, 0.29) is 25.0 Å². The molecule has 0 radical (unpaired) electrons. The summed E-state index contributed by atoms with van der Waals surface area (Å²) in [5, 5.41) is 9.59. The maximum atomic E-state index is 12.9. The second-order valence-corrected chi connectivity index (χ2v) is 6.99. The number of likely N-dealkylation sites (N-methyl/N-ethyl adjacent to an activating group) is 1. The van der Waals surface area contributed by atoms with Crippen LogP contribution >= 0.6 is 0 Å². The lowest BCUT2D eigenvalue weighted by Gasteiger charge is -2.24. The van der Waals surface area contributed by atoms with Gasteiger partial charge in [-0.25, -0.2) is 4.79 Å². The Morgan fingerprint density at radius 2 is 1.87 bits per heavy atom. The molecule has 0 aliphatic heterocycles. The van der Waals surface area contributed by atoms with E-state index in [9.17, 15) is 9.59 Å². The zero-order valence-corrected chi connectivity index (χ0v) is 17.3. The Kier molecular flexibility index (Phi) is 6.69. The summed E-state index contributed by atoms with van der Waals surface area (Å²) in [5.74, 6) is 0.532. The lowest BCUT2D eigenvalue weighted by Crippen LogP contribution is -2.42. The number of nitrogens with zero attached hydrogens (tertiary/aromatic N) is 3. The van der Waals surface area contributed by atoms with Crippen LogP contribution in [0.5, 0.6) is 5.75 Å². The minimum absolute atomic E-state index is 0.0385. The van der Waals surface area contributed by atoms with Crippen molar-refractivity contribution in [3.63, 3.8) is 0 Å². The molecular weight excluding hydrogens is 382 g/mol. The van der Waals surface area contributed by atoms with Gasteiger partial charge in [0.05, 0.1) is 13.3 Å². The molecule has 2 N–H and O–H groups in total. The van der Waals surface area contributed by atoms with Gasteiger partial charge >= 0.3 is 6.03 Å². The summed E-state index contributed by atoms with van der Waals surface area (Å²) in [6.07, 6.45) is 3.53. The Morgan fingerprint density at radius 3 is 2.50 bits per heavy atom. The fourth-order valence-corrected chi connectivity index (χ4v) is 2.85. The molecule has 3 amide bonds. The summed E-state index contributed by atoms with van der Waals surface area (Å²) in [6.45, 7) is 0.235. The highest BCUT2D eigenvalue weighted by molar-refractivity contribution is 5.92. The first kappa shape index (κ1) is 20.9. The van der Waals surface area contributed by atoms with Gasteiger partial charge in [-0.05, 0) is 35.4 Å². The summed E-state index contributed by atoms with van der Waals surface area (Å²) in [6, 6.07) is 14.5. The second kappa shape index (κ2) is 9.60. The molecule has 0 saturated heterocycles. The normalized spacial score (nSPS) is 10.4. The third kappa shape index (κ3) is 5.38. The molecule has 0 fully saturated rings. The van der Waals surface area contributed by atoms with Crippen molar-refractivity contribution in [2.75, 3.05) is 33.1 Å². The molecule has 3 aromatic rings. The lowest BCUT2D eigenvalue weighted by molar-refractivity contribution is -0.129. The van der Waals surface area contributed by atoms with Crippen LogP contribution in [0.15, 0.2) is 60.9 Å². The van der Waals surface area contributed by atoms with Gasteiger partial charge in [0.1, 0.15) is 12.3 Å². The van der Waals surface area contributed by atoms with E-state index in [0.29, 0.717) is 11.4 Å². The van der Waals surface area contributed by atoms with Crippen molar-refractivity contribution >= 4 is 17.6 Å². The van der Waals surface area contributed by atoms with E-state index in [2.05, 4.69) is 15.5 Å². The van der Waals surface area contributed by atoms with E-state index >= 15 is 0 Å². The van der Waals surface area contributed by atoms with Gasteiger partial charge in [-0.15, -0.1) is 0 Å². The monoisotopic (exact) mass is 407 g/mol. The maximum absolute atomic E-state index is 12.9. The van der Waals surface area contributed by atoms with Crippen LogP contribution in [0.1, 0.15) is 5.56 Å². The third-order valence-electron chi connectivity index (χ3n) is 4.59. The number of hydrogen-bond donors (Lipinski definition) is 2. The van der Waals surface area contributed by atoms with E-state index in [1.54, 1.807) is 33.6 Å². The molecule has 0 unspecified atom stereocenters. The van der Waals surface area contributed by atoms with Gasteiger partial charge < -0.3 is 19.9 Å². The molecule has 0 spiro atoms. The molecule has 156 valence electrons. The quantitative estimate of drug-likeness (QED) is 0.629. The van der Waals surface area contributed by atoms with E-state index in [4.69, 9.17) is 4.74 Å². The van der Waals surface area contributed by atoms with Gasteiger partial charge in [0, 0.05) is 38.1 Å². The molecule has 8 nitrogen and oxygen atoms in total. The highest BCUT2D eigenvalue weighted by Gasteiger charge is 2.19. The van der Waals surface area contributed by atoms with Crippen LogP contribution in [0.3, 0.4) is 0 Å². The Bertz CT molecular complexity index is 984. The number of benzene rings is 2. The Balaban J connectivity index is 1.74. The van der Waals surface area contributed by atoms with Crippen molar-refractivity contribution in [3.05, 3.63) is 66.5 Å². The molecule has 1 heterocycles. The highest BCUT2D eigenvalue weighted by atomic mass is 16.5. The van der Waals surface area contributed by atoms with Crippen LogP contribution in [0, 0.1) is 0 Å². The maximum Gasteiger partial charge on any atom is 0.322 e. The fraction of sp³-hybridized carbons (Fsp3) is 0.227. The van der Waals surface area contributed by atoms with E-state index in [1.165, 1.54) is 9.80 Å². The molecule has 0 atom stereocenters. The Morgan fingerprint density at radius 1 is 1.10 bits per heavy atom. The van der Waals surface area contributed by atoms with Crippen molar-refractivity contribution in [1.29, 1.82) is 0 Å². The van der Waals surface area contributed by atoms with Crippen LogP contribution < -0.4 is 10.1 Å². The van der Waals surface area contributed by atoms with Gasteiger partial charge in [-0.2, -0.15) is 5.10 Å². The number of hydrogen-bond acceptors (Lipinski definition) is 4. The van der Waals surface area contributed by atoms with Crippen molar-refractivity contribution in [1.82, 2.24) is 20.0 Å². The number of aromatic nitrogens is 2. The summed E-state index contributed by atoms with van der Waals surface area (Å²) >= 11 is 0. The SMILES string of the molecule is COc1cccc(CN(CC(=O)N(C)C)C(=O)Nc2ccc(-c3cn[nH]c3)cc2)c1. The molecular formula is C22H25N5O3. The number of carbonyl (C=O) groups excluding carboxylic acids is 2. The van der Waals surface area contributed by atoms with Crippen LogP contribution in [-0.4, -0.2) is 59.7 Å². The highest BCUT2D eigenvalue weighted by Crippen LogP contribution is 2.21. The van der Waals surface area contributed by atoms with Crippen molar-refractivity contribution in [3.8, 4) is 16.9 Å². The Labute approximate surface area is 175 Å². The lowest BCUT2D eigenvalue weighted by atomic mass is 10.1. The number of amides is 3. The first-order chi connectivity index (χ1) is 14.5. The van der Waals surface area contributed by atoms with E-state index in [0.717, 1.165) is 16.7 Å². The second-order valence-electron chi connectivity index (χ2n) is 6.99. The third-order valence-corrected chi connectivity index (χ3v) is 4.59. The number of carbonyl (C=O) groups is 2. The number of methoxy groups -OCH3 is 1. The van der Waals surface area contributed by atoms with Crippen LogP contribution in [-0.2, 0) is 11.3 Å². The average molecular weight is 407 g/mol. The minimum atomic E-state index is -0.357. The number of nitrogens with one attached hydrogen (secondary N) is 2. The van der Waals surface area contributed by atoms with Crippen molar-refractivity contribution in [2.45, 2.75) is 6.54 Å². The van der Waals surface area contributed by atoms with Gasteiger partial charge in [0.15, 0.2) is 0 Å². The zero-order valence-electron chi connectivity index (χ0n) is 17.3. The average Bonchev–Trinajstić information content (AvgIpc) is 3.28. The van der Waals surface area contributed by atoms with Crippen molar-refractivity contribution in [2.24, 2.45) is 0 Å². The minimum Gasteiger partial charge on any atom is -0.497 e. The molecule has 0 aliphatic carbocycles. The zero-order chi connectivity index (χ0) is 21.5. The predicted molar refractivity (Wildman–Crippen MR) is 115 cm³/mol. The number of H-pyrrole nitrogens is 1. The molecule has 8 heteroatoms. The number of rotatable bonds is 7.